The van der Waals surface area contributed by atoms with Crippen molar-refractivity contribution in [2.75, 3.05) is 5.32 Å². The van der Waals surface area contributed by atoms with Crippen molar-refractivity contribution in [1.82, 2.24) is 0 Å². The van der Waals surface area contributed by atoms with Gasteiger partial charge >= 0.3 is 6.18 Å². The lowest BCUT2D eigenvalue weighted by molar-refractivity contribution is -0.137. The van der Waals surface area contributed by atoms with E-state index in [1.807, 2.05) is 0 Å². The predicted octanol–water partition coefficient (Wildman–Crippen LogP) is 5.28. The molecule has 0 fully saturated rings. The standard InChI is InChI=1S/C12H6ClF3INOS/c13-8-2-1-7(12(14,15)16)4-9(8)18-11(19)6-3-10(17)20-5-6/h1-5H,(H,18,19). The number of nitrogens with one attached hydrogen (secondary N) is 1. The summed E-state index contributed by atoms with van der Waals surface area (Å²) in [6.45, 7) is 0. The number of alkyl halides is 3. The van der Waals surface area contributed by atoms with Gasteiger partial charge in [0.15, 0.2) is 0 Å². The van der Waals surface area contributed by atoms with Gasteiger partial charge in [-0.05, 0) is 46.9 Å². The fraction of sp³-hybridized carbons (Fsp3) is 0.0833. The number of hydrogen-bond acceptors (Lipinski definition) is 2. The van der Waals surface area contributed by atoms with Crippen LogP contribution in [0.5, 0.6) is 0 Å². The minimum absolute atomic E-state index is 0.0521. The van der Waals surface area contributed by atoms with E-state index in [1.165, 1.54) is 11.3 Å². The second-order valence-electron chi connectivity index (χ2n) is 3.79. The molecule has 0 aliphatic rings. The van der Waals surface area contributed by atoms with Gasteiger partial charge in [0, 0.05) is 5.38 Å². The molecule has 0 bridgehead atoms. The maximum atomic E-state index is 12.6. The molecule has 1 amide bonds. The molecule has 0 aliphatic heterocycles. The van der Waals surface area contributed by atoms with Gasteiger partial charge in [0.05, 0.1) is 24.7 Å². The largest absolute Gasteiger partial charge is 0.416 e. The summed E-state index contributed by atoms with van der Waals surface area (Å²) in [5, 5.41) is 4.06. The van der Waals surface area contributed by atoms with Crippen LogP contribution in [0.1, 0.15) is 15.9 Å². The summed E-state index contributed by atoms with van der Waals surface area (Å²) in [5.41, 5.74) is -0.544. The molecule has 2 aromatic rings. The van der Waals surface area contributed by atoms with E-state index < -0.39 is 17.6 Å². The normalized spacial score (nSPS) is 11.4. The number of benzene rings is 1. The van der Waals surface area contributed by atoms with Crippen LogP contribution in [0.2, 0.25) is 5.02 Å². The molecule has 20 heavy (non-hydrogen) atoms. The highest BCUT2D eigenvalue weighted by Gasteiger charge is 2.31. The zero-order valence-corrected chi connectivity index (χ0v) is 13.3. The molecular formula is C12H6ClF3INOS. The van der Waals surface area contributed by atoms with Crippen LogP contribution < -0.4 is 5.32 Å². The average molecular weight is 432 g/mol. The van der Waals surface area contributed by atoms with Crippen molar-refractivity contribution in [3.8, 4) is 0 Å². The molecule has 2 nitrogen and oxygen atoms in total. The summed E-state index contributed by atoms with van der Waals surface area (Å²) < 4.78 is 38.7. The molecule has 0 aliphatic carbocycles. The molecule has 1 N–H and O–H groups in total. The first-order valence-corrected chi connectivity index (χ1v) is 7.53. The summed E-state index contributed by atoms with van der Waals surface area (Å²) >= 11 is 9.22. The van der Waals surface area contributed by atoms with E-state index >= 15 is 0 Å². The van der Waals surface area contributed by atoms with E-state index in [-0.39, 0.29) is 10.7 Å². The highest BCUT2D eigenvalue weighted by molar-refractivity contribution is 14.1. The van der Waals surface area contributed by atoms with Crippen LogP contribution in [0.3, 0.4) is 0 Å². The highest BCUT2D eigenvalue weighted by atomic mass is 127. The summed E-state index contributed by atoms with van der Waals surface area (Å²) in [7, 11) is 0. The van der Waals surface area contributed by atoms with Crippen molar-refractivity contribution in [3.63, 3.8) is 0 Å². The molecular weight excluding hydrogens is 426 g/mol. The second kappa shape index (κ2) is 5.90. The number of thiophene rings is 1. The van der Waals surface area contributed by atoms with Crippen molar-refractivity contribution >= 4 is 57.1 Å². The monoisotopic (exact) mass is 431 g/mol. The molecule has 0 saturated carbocycles. The average Bonchev–Trinajstić information content (AvgIpc) is 2.77. The third-order valence-corrected chi connectivity index (χ3v) is 4.49. The molecule has 0 unspecified atom stereocenters. The van der Waals surface area contributed by atoms with Crippen LogP contribution in [0.15, 0.2) is 29.6 Å². The smallest absolute Gasteiger partial charge is 0.321 e. The number of anilines is 1. The second-order valence-corrected chi connectivity index (χ2v) is 7.00. The Bertz CT molecular complexity index is 656. The molecule has 0 saturated heterocycles. The molecule has 106 valence electrons. The maximum absolute atomic E-state index is 12.6. The lowest BCUT2D eigenvalue weighted by atomic mass is 10.2. The summed E-state index contributed by atoms with van der Waals surface area (Å²) in [4.78, 5) is 11.9. The van der Waals surface area contributed by atoms with Gasteiger partial charge in [-0.1, -0.05) is 11.6 Å². The maximum Gasteiger partial charge on any atom is 0.416 e. The molecule has 0 radical (unpaired) electrons. The van der Waals surface area contributed by atoms with Gasteiger partial charge in [-0.25, -0.2) is 0 Å². The van der Waals surface area contributed by atoms with Crippen molar-refractivity contribution < 1.29 is 18.0 Å². The minimum Gasteiger partial charge on any atom is -0.321 e. The Morgan fingerprint density at radius 2 is 2.00 bits per heavy atom. The number of hydrogen-bond donors (Lipinski definition) is 1. The number of amides is 1. The van der Waals surface area contributed by atoms with E-state index in [4.69, 9.17) is 11.6 Å². The minimum atomic E-state index is -4.48. The van der Waals surface area contributed by atoms with Crippen molar-refractivity contribution in [1.29, 1.82) is 0 Å². The Balaban J connectivity index is 2.27. The fourth-order valence-corrected chi connectivity index (χ4v) is 2.91. The third kappa shape index (κ3) is 3.64. The number of carbonyl (C=O) groups excluding carboxylic acids is 1. The molecule has 0 spiro atoms. The lowest BCUT2D eigenvalue weighted by Gasteiger charge is -2.11. The van der Waals surface area contributed by atoms with Crippen LogP contribution in [-0.4, -0.2) is 5.91 Å². The van der Waals surface area contributed by atoms with E-state index in [0.717, 1.165) is 21.1 Å². The SMILES string of the molecule is O=C(Nc1cc(C(F)(F)F)ccc1Cl)c1csc(I)c1. The Morgan fingerprint density at radius 3 is 2.55 bits per heavy atom. The van der Waals surface area contributed by atoms with E-state index in [2.05, 4.69) is 27.9 Å². The number of rotatable bonds is 2. The fourth-order valence-electron chi connectivity index (χ4n) is 1.42. The van der Waals surface area contributed by atoms with Gasteiger partial charge in [0.2, 0.25) is 0 Å². The zero-order valence-electron chi connectivity index (χ0n) is 9.59. The van der Waals surface area contributed by atoms with Gasteiger partial charge in [0.1, 0.15) is 0 Å². The van der Waals surface area contributed by atoms with Gasteiger partial charge in [-0.2, -0.15) is 13.2 Å². The predicted molar refractivity (Wildman–Crippen MR) is 81.4 cm³/mol. The zero-order chi connectivity index (χ0) is 14.9. The highest BCUT2D eigenvalue weighted by Crippen LogP contribution is 2.34. The van der Waals surface area contributed by atoms with Gasteiger partial charge in [-0.3, -0.25) is 4.79 Å². The van der Waals surface area contributed by atoms with E-state index in [0.29, 0.717) is 5.56 Å². The Morgan fingerprint density at radius 1 is 1.30 bits per heavy atom. The first-order valence-electron chi connectivity index (χ1n) is 5.19. The van der Waals surface area contributed by atoms with Crippen molar-refractivity contribution in [2.24, 2.45) is 0 Å². The van der Waals surface area contributed by atoms with E-state index in [1.54, 1.807) is 11.4 Å². The Kier molecular flexibility index (Phi) is 4.60. The topological polar surface area (TPSA) is 29.1 Å². The Labute approximate surface area is 135 Å². The number of halogens is 5. The molecule has 1 heterocycles. The van der Waals surface area contributed by atoms with Gasteiger partial charge in [-0.15, -0.1) is 11.3 Å². The molecule has 1 aromatic heterocycles. The van der Waals surface area contributed by atoms with Crippen LogP contribution in [0.25, 0.3) is 0 Å². The molecule has 2 rings (SSSR count). The molecule has 1 aromatic carbocycles. The Hall–Kier alpha value is -0.800. The summed E-state index contributed by atoms with van der Waals surface area (Å²) in [6.07, 6.45) is -4.48. The van der Waals surface area contributed by atoms with E-state index in [9.17, 15) is 18.0 Å². The molecule has 0 atom stereocenters. The number of carbonyl (C=O) groups is 1. The summed E-state index contributed by atoms with van der Waals surface area (Å²) in [6, 6.07) is 4.43. The van der Waals surface area contributed by atoms with Crippen molar-refractivity contribution in [2.45, 2.75) is 6.18 Å². The van der Waals surface area contributed by atoms with Gasteiger partial charge in [0.25, 0.3) is 5.91 Å². The van der Waals surface area contributed by atoms with Gasteiger partial charge < -0.3 is 5.32 Å². The van der Waals surface area contributed by atoms with Crippen LogP contribution in [0.4, 0.5) is 18.9 Å². The quantitative estimate of drug-likeness (QED) is 0.644. The lowest BCUT2D eigenvalue weighted by Crippen LogP contribution is -2.13. The third-order valence-electron chi connectivity index (χ3n) is 2.37. The van der Waals surface area contributed by atoms with Crippen LogP contribution >= 0.6 is 45.5 Å². The first-order chi connectivity index (χ1) is 9.27. The van der Waals surface area contributed by atoms with Crippen molar-refractivity contribution in [3.05, 3.63) is 48.7 Å². The first kappa shape index (κ1) is 15.6. The summed E-state index contributed by atoms with van der Waals surface area (Å²) in [5.74, 6) is -0.495. The van der Waals surface area contributed by atoms with Crippen LogP contribution in [0, 0.1) is 2.88 Å². The van der Waals surface area contributed by atoms with Crippen LogP contribution in [-0.2, 0) is 6.18 Å². The molecule has 8 heteroatoms.